The second-order valence-corrected chi connectivity index (χ2v) is 6.39. The molecule has 1 atom stereocenters. The normalized spacial score (nSPS) is 17.2. The van der Waals surface area contributed by atoms with Gasteiger partial charge in [-0.15, -0.1) is 0 Å². The number of nitrogens with zero attached hydrogens (tertiary/aromatic N) is 1. The molecule has 1 aliphatic heterocycles. The first-order chi connectivity index (χ1) is 12.7. The SMILES string of the molecule is CCCCOc1ccc(C(=O)N2CCOC(c3ccc(F)cc3)C2)cc1. The highest BCUT2D eigenvalue weighted by molar-refractivity contribution is 5.94. The van der Waals surface area contributed by atoms with Crippen molar-refractivity contribution in [2.24, 2.45) is 0 Å². The Hall–Kier alpha value is -2.40. The van der Waals surface area contributed by atoms with Crippen molar-refractivity contribution < 1.29 is 18.7 Å². The summed E-state index contributed by atoms with van der Waals surface area (Å²) in [5.74, 6) is 0.473. The monoisotopic (exact) mass is 357 g/mol. The molecule has 1 unspecified atom stereocenters. The van der Waals surface area contributed by atoms with E-state index < -0.39 is 0 Å². The molecule has 1 aliphatic rings. The van der Waals surface area contributed by atoms with Crippen molar-refractivity contribution in [2.45, 2.75) is 25.9 Å². The lowest BCUT2D eigenvalue weighted by atomic mass is 10.1. The van der Waals surface area contributed by atoms with Crippen LogP contribution >= 0.6 is 0 Å². The van der Waals surface area contributed by atoms with Crippen LogP contribution in [0.3, 0.4) is 0 Å². The highest BCUT2D eigenvalue weighted by Crippen LogP contribution is 2.24. The van der Waals surface area contributed by atoms with Gasteiger partial charge in [-0.2, -0.15) is 0 Å². The van der Waals surface area contributed by atoms with E-state index in [-0.39, 0.29) is 17.8 Å². The summed E-state index contributed by atoms with van der Waals surface area (Å²) in [5, 5.41) is 0. The zero-order chi connectivity index (χ0) is 18.4. The minimum Gasteiger partial charge on any atom is -0.494 e. The number of halogens is 1. The third kappa shape index (κ3) is 4.61. The molecule has 1 heterocycles. The van der Waals surface area contributed by atoms with Gasteiger partial charge in [0.15, 0.2) is 0 Å². The molecule has 26 heavy (non-hydrogen) atoms. The van der Waals surface area contributed by atoms with E-state index in [0.717, 1.165) is 24.2 Å². The Bertz CT molecular complexity index is 715. The molecule has 0 aromatic heterocycles. The lowest BCUT2D eigenvalue weighted by Gasteiger charge is -2.33. The Morgan fingerprint density at radius 3 is 2.62 bits per heavy atom. The first-order valence-electron chi connectivity index (χ1n) is 9.06. The summed E-state index contributed by atoms with van der Waals surface area (Å²) < 4.78 is 24.5. The maximum atomic E-state index is 13.1. The molecule has 4 nitrogen and oxygen atoms in total. The van der Waals surface area contributed by atoms with E-state index in [9.17, 15) is 9.18 Å². The number of amides is 1. The smallest absolute Gasteiger partial charge is 0.254 e. The zero-order valence-corrected chi connectivity index (χ0v) is 15.0. The van der Waals surface area contributed by atoms with Gasteiger partial charge in [-0.1, -0.05) is 25.5 Å². The minimum absolute atomic E-state index is 0.0273. The van der Waals surface area contributed by atoms with Gasteiger partial charge in [0.2, 0.25) is 0 Å². The number of unbranched alkanes of at least 4 members (excludes halogenated alkanes) is 1. The van der Waals surface area contributed by atoms with Crippen molar-refractivity contribution in [1.82, 2.24) is 4.90 Å². The highest BCUT2D eigenvalue weighted by atomic mass is 19.1. The molecule has 0 aliphatic carbocycles. The number of hydrogen-bond acceptors (Lipinski definition) is 3. The van der Waals surface area contributed by atoms with Crippen LogP contribution in [-0.4, -0.2) is 37.1 Å². The Labute approximate surface area is 153 Å². The second kappa shape index (κ2) is 8.81. The zero-order valence-electron chi connectivity index (χ0n) is 15.0. The van der Waals surface area contributed by atoms with E-state index in [4.69, 9.17) is 9.47 Å². The van der Waals surface area contributed by atoms with Crippen molar-refractivity contribution in [3.63, 3.8) is 0 Å². The Morgan fingerprint density at radius 2 is 1.92 bits per heavy atom. The van der Waals surface area contributed by atoms with Crippen LogP contribution in [0.1, 0.15) is 41.8 Å². The molecule has 2 aromatic carbocycles. The van der Waals surface area contributed by atoms with Crippen molar-refractivity contribution in [3.8, 4) is 5.75 Å². The van der Waals surface area contributed by atoms with Crippen LogP contribution in [0.2, 0.25) is 0 Å². The number of benzene rings is 2. The fraction of sp³-hybridized carbons (Fsp3) is 0.381. The Kier molecular flexibility index (Phi) is 6.23. The highest BCUT2D eigenvalue weighted by Gasteiger charge is 2.26. The molecule has 1 fully saturated rings. The summed E-state index contributed by atoms with van der Waals surface area (Å²) in [6, 6.07) is 13.5. The maximum absolute atomic E-state index is 13.1. The lowest BCUT2D eigenvalue weighted by Crippen LogP contribution is -2.42. The van der Waals surface area contributed by atoms with Gasteiger partial charge in [-0.05, 0) is 48.4 Å². The summed E-state index contributed by atoms with van der Waals surface area (Å²) in [6.45, 7) is 4.27. The summed E-state index contributed by atoms with van der Waals surface area (Å²) in [4.78, 5) is 14.6. The van der Waals surface area contributed by atoms with Crippen molar-refractivity contribution in [1.29, 1.82) is 0 Å². The van der Waals surface area contributed by atoms with Crippen LogP contribution in [-0.2, 0) is 4.74 Å². The number of hydrogen-bond donors (Lipinski definition) is 0. The number of ether oxygens (including phenoxy) is 2. The lowest BCUT2D eigenvalue weighted by molar-refractivity contribution is -0.0228. The van der Waals surface area contributed by atoms with Crippen LogP contribution in [0.5, 0.6) is 5.75 Å². The number of carbonyl (C=O) groups excluding carboxylic acids is 1. The van der Waals surface area contributed by atoms with Crippen LogP contribution in [0, 0.1) is 5.82 Å². The molecule has 138 valence electrons. The standard InChI is InChI=1S/C21H24FNO3/c1-2-3-13-25-19-10-6-17(7-11-19)21(24)23-12-14-26-20(15-23)16-4-8-18(22)9-5-16/h4-11,20H,2-3,12-15H2,1H3. The summed E-state index contributed by atoms with van der Waals surface area (Å²) in [6.07, 6.45) is 1.87. The molecule has 0 saturated carbocycles. The molecule has 1 amide bonds. The summed E-state index contributed by atoms with van der Waals surface area (Å²) in [7, 11) is 0. The first-order valence-corrected chi connectivity index (χ1v) is 9.06. The predicted octanol–water partition coefficient (Wildman–Crippen LogP) is 4.22. The first kappa shape index (κ1) is 18.4. The molecular formula is C21H24FNO3. The number of morpholine rings is 1. The van der Waals surface area contributed by atoms with Gasteiger partial charge in [0.05, 0.1) is 19.8 Å². The van der Waals surface area contributed by atoms with Crippen molar-refractivity contribution >= 4 is 5.91 Å². The van der Waals surface area contributed by atoms with Crippen LogP contribution in [0.25, 0.3) is 0 Å². The molecule has 5 heteroatoms. The number of rotatable bonds is 6. The van der Waals surface area contributed by atoms with E-state index in [1.807, 2.05) is 12.1 Å². The topological polar surface area (TPSA) is 38.8 Å². The average Bonchev–Trinajstić information content (AvgIpc) is 2.69. The largest absolute Gasteiger partial charge is 0.494 e. The van der Waals surface area contributed by atoms with Crippen LogP contribution in [0.4, 0.5) is 4.39 Å². The second-order valence-electron chi connectivity index (χ2n) is 6.39. The van der Waals surface area contributed by atoms with E-state index in [0.29, 0.717) is 31.9 Å². The quantitative estimate of drug-likeness (QED) is 0.727. The van der Waals surface area contributed by atoms with E-state index in [2.05, 4.69) is 6.92 Å². The van der Waals surface area contributed by atoms with E-state index in [1.165, 1.54) is 12.1 Å². The molecule has 0 N–H and O–H groups in total. The number of carbonyl (C=O) groups is 1. The molecular weight excluding hydrogens is 333 g/mol. The van der Waals surface area contributed by atoms with Crippen molar-refractivity contribution in [3.05, 3.63) is 65.5 Å². The van der Waals surface area contributed by atoms with Gasteiger partial charge in [0.25, 0.3) is 5.91 Å². The van der Waals surface area contributed by atoms with Gasteiger partial charge in [0.1, 0.15) is 17.7 Å². The maximum Gasteiger partial charge on any atom is 0.254 e. The van der Waals surface area contributed by atoms with Crippen molar-refractivity contribution in [2.75, 3.05) is 26.3 Å². The minimum atomic E-state index is -0.279. The van der Waals surface area contributed by atoms with E-state index >= 15 is 0 Å². The Morgan fingerprint density at radius 1 is 1.19 bits per heavy atom. The fourth-order valence-corrected chi connectivity index (χ4v) is 2.92. The predicted molar refractivity (Wildman–Crippen MR) is 97.8 cm³/mol. The Balaban J connectivity index is 1.62. The van der Waals surface area contributed by atoms with Crippen LogP contribution in [0.15, 0.2) is 48.5 Å². The van der Waals surface area contributed by atoms with Gasteiger partial charge in [0, 0.05) is 12.1 Å². The summed E-state index contributed by atoms with van der Waals surface area (Å²) in [5.41, 5.74) is 1.51. The molecule has 1 saturated heterocycles. The molecule has 0 spiro atoms. The van der Waals surface area contributed by atoms with Gasteiger partial charge >= 0.3 is 0 Å². The third-order valence-electron chi connectivity index (χ3n) is 4.46. The average molecular weight is 357 g/mol. The van der Waals surface area contributed by atoms with Gasteiger partial charge in [-0.25, -0.2) is 4.39 Å². The summed E-state index contributed by atoms with van der Waals surface area (Å²) >= 11 is 0. The molecule has 2 aromatic rings. The molecule has 3 rings (SSSR count). The van der Waals surface area contributed by atoms with E-state index in [1.54, 1.807) is 29.2 Å². The van der Waals surface area contributed by atoms with Gasteiger partial charge in [-0.3, -0.25) is 4.79 Å². The molecule has 0 radical (unpaired) electrons. The third-order valence-corrected chi connectivity index (χ3v) is 4.46. The van der Waals surface area contributed by atoms with Crippen LogP contribution < -0.4 is 4.74 Å². The molecule has 0 bridgehead atoms. The van der Waals surface area contributed by atoms with Gasteiger partial charge < -0.3 is 14.4 Å². The fourth-order valence-electron chi connectivity index (χ4n) is 2.92.